The van der Waals surface area contributed by atoms with Gasteiger partial charge in [-0.15, -0.1) is 0 Å². The second kappa shape index (κ2) is 8.81. The predicted octanol–water partition coefficient (Wildman–Crippen LogP) is 2.93. The molecule has 1 fully saturated rings. The number of hydrogen-bond donors (Lipinski definition) is 2. The van der Waals surface area contributed by atoms with Gasteiger partial charge in [-0.2, -0.15) is 10.2 Å². The average Bonchev–Trinajstić information content (AvgIpc) is 3.37. The van der Waals surface area contributed by atoms with Crippen molar-refractivity contribution < 1.29 is 8.42 Å². The summed E-state index contributed by atoms with van der Waals surface area (Å²) in [6, 6.07) is 9.47. The van der Waals surface area contributed by atoms with Crippen LogP contribution in [0.2, 0.25) is 0 Å². The molecular weight excluding hydrogens is 452 g/mol. The van der Waals surface area contributed by atoms with Crippen LogP contribution in [0.1, 0.15) is 54.8 Å². The van der Waals surface area contributed by atoms with Crippen LogP contribution in [0.5, 0.6) is 0 Å². The molecule has 0 bridgehead atoms. The molecule has 1 unspecified atom stereocenters. The Kier molecular flexibility index (Phi) is 5.83. The van der Waals surface area contributed by atoms with E-state index >= 15 is 0 Å². The SMILES string of the molecule is CNS(=O)(=O)C1CCc2ccc(Nc3ncc4cc(C#N)c(=O)n(C5CCCC5)c4n3)cc2C1. The fourth-order valence-electron chi connectivity index (χ4n) is 5.12. The third kappa shape index (κ3) is 4.06. The Bertz CT molecular complexity index is 1470. The first kappa shape index (κ1) is 22.5. The highest BCUT2D eigenvalue weighted by atomic mass is 32.2. The molecule has 2 aromatic heterocycles. The lowest BCUT2D eigenvalue weighted by atomic mass is 9.91. The third-order valence-corrected chi connectivity index (χ3v) is 8.80. The summed E-state index contributed by atoms with van der Waals surface area (Å²) >= 11 is 0. The van der Waals surface area contributed by atoms with Crippen molar-refractivity contribution in [1.82, 2.24) is 19.3 Å². The minimum absolute atomic E-state index is 0.0286. The normalized spacial score (nSPS) is 18.5. The maximum atomic E-state index is 13.0. The van der Waals surface area contributed by atoms with E-state index in [0.29, 0.717) is 36.2 Å². The molecule has 9 nitrogen and oxygen atoms in total. The second-order valence-corrected chi connectivity index (χ2v) is 11.1. The number of hydrogen-bond acceptors (Lipinski definition) is 7. The van der Waals surface area contributed by atoms with Gasteiger partial charge in [-0.25, -0.2) is 18.1 Å². The molecule has 2 aliphatic rings. The lowest BCUT2D eigenvalue weighted by Gasteiger charge is -2.24. The van der Waals surface area contributed by atoms with E-state index in [0.717, 1.165) is 42.5 Å². The standard InChI is InChI=1S/C24H26N6O3S/c1-26-34(32,33)21-9-7-15-6-8-19(11-16(15)12-21)28-24-27-14-18-10-17(13-25)23(31)30(22(18)29-24)20-4-2-3-5-20/h6,8,10-11,14,20-21,26H,2-5,7,9,12H2,1H3,(H,27,28,29). The lowest BCUT2D eigenvalue weighted by Crippen LogP contribution is -2.35. The first-order valence-corrected chi connectivity index (χ1v) is 13.1. The molecule has 5 rings (SSSR count). The van der Waals surface area contributed by atoms with Gasteiger partial charge in [0.2, 0.25) is 16.0 Å². The fourth-order valence-corrected chi connectivity index (χ4v) is 6.28. The summed E-state index contributed by atoms with van der Waals surface area (Å²) in [4.78, 5) is 22.0. The Morgan fingerprint density at radius 2 is 1.94 bits per heavy atom. The monoisotopic (exact) mass is 478 g/mol. The number of anilines is 2. The molecule has 1 atom stereocenters. The van der Waals surface area contributed by atoms with Crippen molar-refractivity contribution in [3.8, 4) is 6.07 Å². The first-order chi connectivity index (χ1) is 16.4. The summed E-state index contributed by atoms with van der Waals surface area (Å²) in [6.45, 7) is 0. The second-order valence-electron chi connectivity index (χ2n) is 8.98. The van der Waals surface area contributed by atoms with Crippen molar-refractivity contribution in [2.24, 2.45) is 0 Å². The van der Waals surface area contributed by atoms with Crippen molar-refractivity contribution >= 4 is 32.7 Å². The highest BCUT2D eigenvalue weighted by Gasteiger charge is 2.29. The van der Waals surface area contributed by atoms with Gasteiger partial charge in [0.05, 0.1) is 5.25 Å². The average molecular weight is 479 g/mol. The van der Waals surface area contributed by atoms with Gasteiger partial charge in [0.15, 0.2) is 0 Å². The predicted molar refractivity (Wildman–Crippen MR) is 130 cm³/mol. The molecule has 1 aromatic carbocycles. The zero-order valence-corrected chi connectivity index (χ0v) is 19.7. The Labute approximate surface area is 197 Å². The largest absolute Gasteiger partial charge is 0.324 e. The molecule has 2 heterocycles. The van der Waals surface area contributed by atoms with E-state index in [4.69, 9.17) is 0 Å². The highest BCUT2D eigenvalue weighted by Crippen LogP contribution is 2.31. The molecular formula is C24H26N6O3S. The number of benzene rings is 1. The summed E-state index contributed by atoms with van der Waals surface area (Å²) in [5.74, 6) is 0.346. The molecule has 2 N–H and O–H groups in total. The first-order valence-electron chi connectivity index (χ1n) is 11.5. The summed E-state index contributed by atoms with van der Waals surface area (Å²) in [5.41, 5.74) is 3.20. The Balaban J connectivity index is 1.49. The Morgan fingerprint density at radius 3 is 2.68 bits per heavy atom. The fraction of sp³-hybridized carbons (Fsp3) is 0.417. The number of nitriles is 1. The zero-order chi connectivity index (χ0) is 23.9. The van der Waals surface area contributed by atoms with Gasteiger partial charge < -0.3 is 5.32 Å². The summed E-state index contributed by atoms with van der Waals surface area (Å²) in [6.07, 6.45) is 7.25. The summed E-state index contributed by atoms with van der Waals surface area (Å²) in [7, 11) is -1.88. The zero-order valence-electron chi connectivity index (χ0n) is 18.9. The molecule has 10 heteroatoms. The minimum atomic E-state index is -3.33. The molecule has 3 aromatic rings. The van der Waals surface area contributed by atoms with E-state index in [1.165, 1.54) is 7.05 Å². The third-order valence-electron chi connectivity index (χ3n) is 6.95. The Morgan fingerprint density at radius 1 is 1.15 bits per heavy atom. The number of nitrogens with zero attached hydrogens (tertiary/aromatic N) is 4. The lowest BCUT2D eigenvalue weighted by molar-refractivity contribution is 0.515. The highest BCUT2D eigenvalue weighted by molar-refractivity contribution is 7.90. The summed E-state index contributed by atoms with van der Waals surface area (Å²) < 4.78 is 28.7. The number of fused-ring (bicyclic) bond motifs is 2. The smallest absolute Gasteiger partial charge is 0.270 e. The van der Waals surface area contributed by atoms with Crippen LogP contribution < -0.4 is 15.6 Å². The minimum Gasteiger partial charge on any atom is -0.324 e. The molecule has 0 saturated heterocycles. The number of aryl methyl sites for hydroxylation is 1. The maximum absolute atomic E-state index is 13.0. The van der Waals surface area contributed by atoms with Gasteiger partial charge in [0, 0.05) is 23.3 Å². The van der Waals surface area contributed by atoms with Gasteiger partial charge in [-0.1, -0.05) is 18.9 Å². The molecule has 0 aliphatic heterocycles. The van der Waals surface area contributed by atoms with E-state index in [1.54, 1.807) is 16.8 Å². The number of sulfonamides is 1. The van der Waals surface area contributed by atoms with Crippen LogP contribution in [0.4, 0.5) is 11.6 Å². The van der Waals surface area contributed by atoms with E-state index in [9.17, 15) is 18.5 Å². The van der Waals surface area contributed by atoms with E-state index in [1.807, 2.05) is 24.3 Å². The molecule has 176 valence electrons. The number of aromatic nitrogens is 3. The van der Waals surface area contributed by atoms with Gasteiger partial charge in [-0.05, 0) is 68.5 Å². The quantitative estimate of drug-likeness (QED) is 0.577. The van der Waals surface area contributed by atoms with Crippen molar-refractivity contribution in [2.45, 2.75) is 56.2 Å². The molecule has 0 spiro atoms. The van der Waals surface area contributed by atoms with E-state index < -0.39 is 15.3 Å². The van der Waals surface area contributed by atoms with Crippen LogP contribution >= 0.6 is 0 Å². The topological polar surface area (TPSA) is 130 Å². The van der Waals surface area contributed by atoms with E-state index in [-0.39, 0.29) is 17.2 Å². The molecule has 1 saturated carbocycles. The van der Waals surface area contributed by atoms with Crippen LogP contribution in [-0.2, 0) is 22.9 Å². The van der Waals surface area contributed by atoms with Crippen LogP contribution in [0.25, 0.3) is 11.0 Å². The molecule has 0 radical (unpaired) electrons. The number of nitrogens with one attached hydrogen (secondary N) is 2. The molecule has 2 aliphatic carbocycles. The van der Waals surface area contributed by atoms with Crippen LogP contribution in [0, 0.1) is 11.3 Å². The van der Waals surface area contributed by atoms with Crippen molar-refractivity contribution in [2.75, 3.05) is 12.4 Å². The van der Waals surface area contributed by atoms with Crippen LogP contribution in [0.3, 0.4) is 0 Å². The van der Waals surface area contributed by atoms with Crippen LogP contribution in [-0.4, -0.2) is 35.3 Å². The van der Waals surface area contributed by atoms with Crippen LogP contribution in [0.15, 0.2) is 35.3 Å². The summed E-state index contributed by atoms with van der Waals surface area (Å²) in [5, 5.41) is 12.8. The van der Waals surface area contributed by atoms with Crippen molar-refractivity contribution in [3.63, 3.8) is 0 Å². The number of rotatable bonds is 5. The molecule has 0 amide bonds. The van der Waals surface area contributed by atoms with Gasteiger partial charge in [0.1, 0.15) is 17.3 Å². The molecule has 34 heavy (non-hydrogen) atoms. The van der Waals surface area contributed by atoms with Gasteiger partial charge in [-0.3, -0.25) is 9.36 Å². The number of pyridine rings is 1. The van der Waals surface area contributed by atoms with E-state index in [2.05, 4.69) is 20.0 Å². The van der Waals surface area contributed by atoms with Gasteiger partial charge in [0.25, 0.3) is 5.56 Å². The van der Waals surface area contributed by atoms with Gasteiger partial charge >= 0.3 is 0 Å². The maximum Gasteiger partial charge on any atom is 0.270 e. The van der Waals surface area contributed by atoms with Crippen molar-refractivity contribution in [1.29, 1.82) is 5.26 Å². The van der Waals surface area contributed by atoms with Crippen molar-refractivity contribution in [3.05, 3.63) is 57.5 Å². The Hall–Kier alpha value is -3.29.